The van der Waals surface area contributed by atoms with Crippen LogP contribution < -0.4 is 11.5 Å². The second kappa shape index (κ2) is 5.46. The maximum absolute atomic E-state index is 13.0. The van der Waals surface area contributed by atoms with Gasteiger partial charge in [-0.2, -0.15) is 13.2 Å². The maximum Gasteiger partial charge on any atom is 0.416 e. The molecule has 0 aliphatic carbocycles. The van der Waals surface area contributed by atoms with Crippen LogP contribution in [0.5, 0.6) is 0 Å². The lowest BCUT2D eigenvalue weighted by atomic mass is 9.97. The highest BCUT2D eigenvalue weighted by molar-refractivity contribution is 5.32. The lowest BCUT2D eigenvalue weighted by Gasteiger charge is -2.18. The third-order valence-corrected chi connectivity index (χ3v) is 2.44. The molecule has 1 aromatic rings. The molecular weight excluding hydrogens is 236 g/mol. The first-order valence-electron chi connectivity index (χ1n) is 5.18. The van der Waals surface area contributed by atoms with Gasteiger partial charge in [-0.3, -0.25) is 0 Å². The van der Waals surface area contributed by atoms with Crippen LogP contribution >= 0.6 is 0 Å². The van der Waals surface area contributed by atoms with E-state index in [0.717, 1.165) is 12.1 Å². The van der Waals surface area contributed by atoms with Gasteiger partial charge >= 0.3 is 6.18 Å². The zero-order valence-electron chi connectivity index (χ0n) is 9.10. The Morgan fingerprint density at radius 2 is 1.88 bits per heavy atom. The highest BCUT2D eigenvalue weighted by Crippen LogP contribution is 2.35. The minimum Gasteiger partial charge on any atom is -0.330 e. The normalized spacial score (nSPS) is 13.8. The largest absolute Gasteiger partial charge is 0.416 e. The average Bonchev–Trinajstić information content (AvgIpc) is 2.24. The van der Waals surface area contributed by atoms with Gasteiger partial charge in [0.05, 0.1) is 5.56 Å². The van der Waals surface area contributed by atoms with Crippen molar-refractivity contribution in [1.29, 1.82) is 0 Å². The van der Waals surface area contributed by atoms with Crippen molar-refractivity contribution in [2.45, 2.75) is 25.1 Å². The monoisotopic (exact) mass is 250 g/mol. The third-order valence-electron chi connectivity index (χ3n) is 2.44. The molecule has 4 N–H and O–H groups in total. The SMILES string of the molecule is NCCC[C@H](N)c1cc(F)ccc1C(F)(F)F. The van der Waals surface area contributed by atoms with Gasteiger partial charge < -0.3 is 11.5 Å². The van der Waals surface area contributed by atoms with Crippen molar-refractivity contribution in [3.05, 3.63) is 35.1 Å². The van der Waals surface area contributed by atoms with E-state index in [1.807, 2.05) is 0 Å². The molecule has 0 heterocycles. The Bertz CT molecular complexity index is 376. The molecule has 0 unspecified atom stereocenters. The van der Waals surface area contributed by atoms with Crippen LogP contribution in [0, 0.1) is 5.82 Å². The van der Waals surface area contributed by atoms with Gasteiger partial charge in [0.2, 0.25) is 0 Å². The van der Waals surface area contributed by atoms with Crippen molar-refractivity contribution < 1.29 is 17.6 Å². The molecule has 0 fully saturated rings. The van der Waals surface area contributed by atoms with Crippen molar-refractivity contribution in [3.63, 3.8) is 0 Å². The van der Waals surface area contributed by atoms with E-state index >= 15 is 0 Å². The van der Waals surface area contributed by atoms with Gasteiger partial charge in [0, 0.05) is 6.04 Å². The first-order chi connectivity index (χ1) is 7.86. The molecule has 0 saturated carbocycles. The van der Waals surface area contributed by atoms with Crippen molar-refractivity contribution >= 4 is 0 Å². The fraction of sp³-hybridized carbons (Fsp3) is 0.455. The topological polar surface area (TPSA) is 52.0 Å². The van der Waals surface area contributed by atoms with Crippen LogP contribution in [0.3, 0.4) is 0 Å². The zero-order valence-corrected chi connectivity index (χ0v) is 9.10. The number of rotatable bonds is 4. The van der Waals surface area contributed by atoms with E-state index in [1.54, 1.807) is 0 Å². The second-order valence-corrected chi connectivity index (χ2v) is 3.77. The molecule has 0 saturated heterocycles. The van der Waals surface area contributed by atoms with Crippen LogP contribution in [0.15, 0.2) is 18.2 Å². The van der Waals surface area contributed by atoms with Crippen LogP contribution in [0.25, 0.3) is 0 Å². The van der Waals surface area contributed by atoms with E-state index in [-0.39, 0.29) is 5.56 Å². The second-order valence-electron chi connectivity index (χ2n) is 3.77. The number of alkyl halides is 3. The van der Waals surface area contributed by atoms with Gasteiger partial charge in [0.15, 0.2) is 0 Å². The van der Waals surface area contributed by atoms with Crippen molar-refractivity contribution in [1.82, 2.24) is 0 Å². The molecule has 17 heavy (non-hydrogen) atoms. The summed E-state index contributed by atoms with van der Waals surface area (Å²) in [6, 6.07) is 1.48. The number of hydrogen-bond acceptors (Lipinski definition) is 2. The molecule has 96 valence electrons. The Labute approximate surface area is 96.6 Å². The van der Waals surface area contributed by atoms with Gasteiger partial charge in [0.1, 0.15) is 5.82 Å². The lowest BCUT2D eigenvalue weighted by molar-refractivity contribution is -0.138. The molecule has 0 radical (unpaired) electrons. The summed E-state index contributed by atoms with van der Waals surface area (Å²) in [5.74, 6) is -0.726. The van der Waals surface area contributed by atoms with Crippen LogP contribution in [0.4, 0.5) is 17.6 Å². The van der Waals surface area contributed by atoms with Crippen molar-refractivity contribution in [2.24, 2.45) is 11.5 Å². The minimum absolute atomic E-state index is 0.217. The molecule has 6 heteroatoms. The van der Waals surface area contributed by atoms with E-state index in [4.69, 9.17) is 11.5 Å². The van der Waals surface area contributed by atoms with E-state index in [2.05, 4.69) is 0 Å². The number of nitrogens with two attached hydrogens (primary N) is 2. The van der Waals surface area contributed by atoms with Crippen molar-refractivity contribution in [3.8, 4) is 0 Å². The van der Waals surface area contributed by atoms with Crippen LogP contribution in [0.1, 0.15) is 30.0 Å². The highest BCUT2D eigenvalue weighted by atomic mass is 19.4. The molecule has 0 spiro atoms. The Balaban J connectivity index is 3.07. The zero-order chi connectivity index (χ0) is 13.1. The summed E-state index contributed by atoms with van der Waals surface area (Å²) in [7, 11) is 0. The minimum atomic E-state index is -4.52. The number of benzene rings is 1. The average molecular weight is 250 g/mol. The molecule has 1 atom stereocenters. The summed E-state index contributed by atoms with van der Waals surface area (Å²) >= 11 is 0. The fourth-order valence-corrected chi connectivity index (χ4v) is 1.59. The first kappa shape index (κ1) is 13.9. The Morgan fingerprint density at radius 1 is 1.24 bits per heavy atom. The lowest BCUT2D eigenvalue weighted by Crippen LogP contribution is -2.18. The van der Waals surface area contributed by atoms with Gasteiger partial charge in [0.25, 0.3) is 0 Å². The van der Waals surface area contributed by atoms with Gasteiger partial charge in [-0.05, 0) is 43.1 Å². The molecule has 0 aliphatic heterocycles. The summed E-state index contributed by atoms with van der Waals surface area (Å²) in [6.07, 6.45) is -3.73. The molecule has 1 rings (SSSR count). The molecular formula is C11H14F4N2. The van der Waals surface area contributed by atoms with E-state index in [0.29, 0.717) is 25.5 Å². The Hall–Kier alpha value is -1.14. The molecule has 0 aromatic heterocycles. The maximum atomic E-state index is 13.0. The van der Waals surface area contributed by atoms with Gasteiger partial charge in [-0.1, -0.05) is 0 Å². The van der Waals surface area contributed by atoms with E-state index in [1.165, 1.54) is 0 Å². The number of halogens is 4. The molecule has 2 nitrogen and oxygen atoms in total. The quantitative estimate of drug-likeness (QED) is 0.807. The highest BCUT2D eigenvalue weighted by Gasteiger charge is 2.34. The predicted molar refractivity (Wildman–Crippen MR) is 56.6 cm³/mol. The van der Waals surface area contributed by atoms with E-state index < -0.39 is 23.6 Å². The standard InChI is InChI=1S/C11H14F4N2/c12-7-3-4-9(11(13,14)15)8(6-7)10(17)2-1-5-16/h3-4,6,10H,1-2,5,16-17H2/t10-/m0/s1. The van der Waals surface area contributed by atoms with Gasteiger partial charge in [-0.25, -0.2) is 4.39 Å². The number of hydrogen-bond donors (Lipinski definition) is 2. The summed E-state index contributed by atoms with van der Waals surface area (Å²) in [4.78, 5) is 0. The summed E-state index contributed by atoms with van der Waals surface area (Å²) in [5, 5.41) is 0. The summed E-state index contributed by atoms with van der Waals surface area (Å²) in [6.45, 7) is 0.338. The van der Waals surface area contributed by atoms with Gasteiger partial charge in [-0.15, -0.1) is 0 Å². The molecule has 0 aliphatic rings. The smallest absolute Gasteiger partial charge is 0.330 e. The first-order valence-corrected chi connectivity index (χ1v) is 5.18. The van der Waals surface area contributed by atoms with Crippen LogP contribution in [0.2, 0.25) is 0 Å². The Morgan fingerprint density at radius 3 is 2.41 bits per heavy atom. The summed E-state index contributed by atoms with van der Waals surface area (Å²) in [5.41, 5.74) is 9.78. The molecule has 0 amide bonds. The van der Waals surface area contributed by atoms with E-state index in [9.17, 15) is 17.6 Å². The Kier molecular flexibility index (Phi) is 4.47. The fourth-order valence-electron chi connectivity index (χ4n) is 1.59. The van der Waals surface area contributed by atoms with Crippen LogP contribution in [-0.2, 0) is 6.18 Å². The van der Waals surface area contributed by atoms with Crippen molar-refractivity contribution in [2.75, 3.05) is 6.54 Å². The molecule has 0 bridgehead atoms. The third kappa shape index (κ3) is 3.67. The predicted octanol–water partition coefficient (Wildman–Crippen LogP) is 2.58. The van der Waals surface area contributed by atoms with Crippen LogP contribution in [-0.4, -0.2) is 6.54 Å². The molecule has 1 aromatic carbocycles. The summed E-state index contributed by atoms with van der Waals surface area (Å²) < 4.78 is 50.9.